The van der Waals surface area contributed by atoms with Crippen molar-refractivity contribution < 1.29 is 9.53 Å². The van der Waals surface area contributed by atoms with E-state index in [1.807, 2.05) is 0 Å². The molecule has 14 heavy (non-hydrogen) atoms. The van der Waals surface area contributed by atoms with Gasteiger partial charge in [0, 0.05) is 13.6 Å². The first-order chi connectivity index (χ1) is 6.74. The molecule has 1 rings (SSSR count). The highest BCUT2D eigenvalue weighted by molar-refractivity contribution is 5.89. The van der Waals surface area contributed by atoms with Crippen molar-refractivity contribution in [1.82, 2.24) is 14.8 Å². The molecule has 0 radical (unpaired) electrons. The van der Waals surface area contributed by atoms with Gasteiger partial charge in [0.15, 0.2) is 0 Å². The smallest absolute Gasteiger partial charge is 0.252 e. The second-order valence-corrected chi connectivity index (χ2v) is 2.60. The van der Waals surface area contributed by atoms with Crippen LogP contribution in [0.2, 0.25) is 0 Å². The summed E-state index contributed by atoms with van der Waals surface area (Å²) in [4.78, 5) is 15.0. The first kappa shape index (κ1) is 10.6. The summed E-state index contributed by atoms with van der Waals surface area (Å²) in [6.07, 6.45) is 1.36. The molecule has 0 atom stereocenters. The fraction of sp³-hybridized carbons (Fsp3) is 0.571. The van der Waals surface area contributed by atoms with Crippen LogP contribution < -0.4 is 11.1 Å². The molecule has 0 aliphatic rings. The summed E-state index contributed by atoms with van der Waals surface area (Å²) < 4.78 is 6.40. The molecule has 0 bridgehead atoms. The van der Waals surface area contributed by atoms with Crippen LogP contribution in [0.5, 0.6) is 0 Å². The highest BCUT2D eigenvalue weighted by Gasteiger charge is 2.05. The van der Waals surface area contributed by atoms with Crippen molar-refractivity contribution in [2.45, 2.75) is 0 Å². The third-order valence-electron chi connectivity index (χ3n) is 1.46. The number of aromatic nitrogens is 3. The van der Waals surface area contributed by atoms with Gasteiger partial charge in [0.2, 0.25) is 5.95 Å². The summed E-state index contributed by atoms with van der Waals surface area (Å²) in [6, 6.07) is 0. The van der Waals surface area contributed by atoms with Crippen LogP contribution in [0, 0.1) is 0 Å². The molecule has 0 aliphatic carbocycles. The van der Waals surface area contributed by atoms with Gasteiger partial charge in [-0.1, -0.05) is 0 Å². The van der Waals surface area contributed by atoms with E-state index >= 15 is 0 Å². The SMILES string of the molecule is Cn1ncnc1NC(=O)COCCN. The van der Waals surface area contributed by atoms with Crippen LogP contribution >= 0.6 is 0 Å². The molecule has 0 spiro atoms. The lowest BCUT2D eigenvalue weighted by atomic mass is 10.6. The summed E-state index contributed by atoms with van der Waals surface area (Å²) in [6.45, 7) is 0.744. The van der Waals surface area contributed by atoms with Gasteiger partial charge in [-0.05, 0) is 0 Å². The van der Waals surface area contributed by atoms with E-state index in [-0.39, 0.29) is 12.5 Å². The second kappa shape index (κ2) is 5.30. The normalized spacial score (nSPS) is 10.1. The summed E-state index contributed by atoms with van der Waals surface area (Å²) in [5, 5.41) is 6.33. The van der Waals surface area contributed by atoms with Crippen molar-refractivity contribution in [2.24, 2.45) is 12.8 Å². The van der Waals surface area contributed by atoms with Gasteiger partial charge in [-0.2, -0.15) is 10.1 Å². The molecule has 0 aliphatic heterocycles. The zero-order valence-electron chi connectivity index (χ0n) is 7.93. The van der Waals surface area contributed by atoms with E-state index in [0.29, 0.717) is 19.1 Å². The fourth-order valence-corrected chi connectivity index (χ4v) is 0.818. The minimum atomic E-state index is -0.269. The Morgan fingerprint density at radius 1 is 1.79 bits per heavy atom. The number of carbonyl (C=O) groups excluding carboxylic acids is 1. The molecule has 0 saturated carbocycles. The van der Waals surface area contributed by atoms with Gasteiger partial charge in [-0.25, -0.2) is 4.68 Å². The standard InChI is InChI=1S/C7H13N5O2/c1-12-7(9-5-10-12)11-6(13)4-14-3-2-8/h5H,2-4,8H2,1H3,(H,9,10,11,13). The van der Waals surface area contributed by atoms with Gasteiger partial charge in [-0.15, -0.1) is 0 Å². The number of amides is 1. The predicted molar refractivity (Wildman–Crippen MR) is 49.5 cm³/mol. The van der Waals surface area contributed by atoms with Gasteiger partial charge < -0.3 is 10.5 Å². The van der Waals surface area contributed by atoms with Crippen molar-refractivity contribution in [3.63, 3.8) is 0 Å². The van der Waals surface area contributed by atoms with Crippen molar-refractivity contribution in [3.05, 3.63) is 6.33 Å². The van der Waals surface area contributed by atoms with Gasteiger partial charge in [0.25, 0.3) is 5.91 Å². The molecule has 1 aromatic rings. The summed E-state index contributed by atoms with van der Waals surface area (Å²) in [5.41, 5.74) is 5.19. The Labute approximate surface area is 81.2 Å². The van der Waals surface area contributed by atoms with E-state index in [9.17, 15) is 4.79 Å². The lowest BCUT2D eigenvalue weighted by molar-refractivity contribution is -0.120. The van der Waals surface area contributed by atoms with Crippen LogP contribution in [0.1, 0.15) is 0 Å². The number of anilines is 1. The lowest BCUT2D eigenvalue weighted by Crippen LogP contribution is -2.22. The highest BCUT2D eigenvalue weighted by atomic mass is 16.5. The van der Waals surface area contributed by atoms with Crippen molar-refractivity contribution >= 4 is 11.9 Å². The Bertz CT molecular complexity index is 298. The molecule has 7 heteroatoms. The number of rotatable bonds is 5. The summed E-state index contributed by atoms with van der Waals surface area (Å²) in [5.74, 6) is 0.126. The summed E-state index contributed by atoms with van der Waals surface area (Å²) in [7, 11) is 1.68. The van der Waals surface area contributed by atoms with E-state index in [1.54, 1.807) is 7.05 Å². The Balaban J connectivity index is 2.31. The molecular weight excluding hydrogens is 186 g/mol. The topological polar surface area (TPSA) is 95.1 Å². The van der Waals surface area contributed by atoms with Crippen molar-refractivity contribution in [2.75, 3.05) is 25.1 Å². The molecule has 78 valence electrons. The molecule has 0 aromatic carbocycles. The first-order valence-electron chi connectivity index (χ1n) is 4.15. The maximum absolute atomic E-state index is 11.2. The third kappa shape index (κ3) is 3.11. The van der Waals surface area contributed by atoms with Crippen LogP contribution in [0.3, 0.4) is 0 Å². The number of nitrogens with two attached hydrogens (primary N) is 1. The van der Waals surface area contributed by atoms with Crippen LogP contribution in [0.25, 0.3) is 0 Å². The molecule has 3 N–H and O–H groups in total. The number of nitrogens with one attached hydrogen (secondary N) is 1. The molecule has 1 heterocycles. The predicted octanol–water partition coefficient (Wildman–Crippen LogP) is -1.27. The van der Waals surface area contributed by atoms with Gasteiger partial charge >= 0.3 is 0 Å². The van der Waals surface area contributed by atoms with E-state index in [2.05, 4.69) is 15.4 Å². The Hall–Kier alpha value is -1.47. The molecule has 0 unspecified atom stereocenters. The Morgan fingerprint density at radius 2 is 2.57 bits per heavy atom. The Morgan fingerprint density at radius 3 is 3.14 bits per heavy atom. The minimum Gasteiger partial charge on any atom is -0.370 e. The van der Waals surface area contributed by atoms with Crippen molar-refractivity contribution in [3.8, 4) is 0 Å². The van der Waals surface area contributed by atoms with Crippen LogP contribution in [0.4, 0.5) is 5.95 Å². The molecule has 7 nitrogen and oxygen atoms in total. The number of hydrogen-bond donors (Lipinski definition) is 2. The third-order valence-corrected chi connectivity index (χ3v) is 1.46. The zero-order valence-corrected chi connectivity index (χ0v) is 7.93. The minimum absolute atomic E-state index is 0.0238. The van der Waals surface area contributed by atoms with Crippen LogP contribution in [-0.2, 0) is 16.6 Å². The van der Waals surface area contributed by atoms with Crippen LogP contribution in [-0.4, -0.2) is 40.4 Å². The molecule has 1 aromatic heterocycles. The molecule has 0 fully saturated rings. The van der Waals surface area contributed by atoms with Gasteiger partial charge in [0.05, 0.1) is 6.61 Å². The van der Waals surface area contributed by atoms with Gasteiger partial charge in [0.1, 0.15) is 12.9 Å². The number of carbonyl (C=O) groups is 1. The zero-order chi connectivity index (χ0) is 10.4. The average Bonchev–Trinajstić information content (AvgIpc) is 2.52. The first-order valence-corrected chi connectivity index (χ1v) is 4.15. The number of ether oxygens (including phenoxy) is 1. The molecule has 1 amide bonds. The second-order valence-electron chi connectivity index (χ2n) is 2.60. The lowest BCUT2D eigenvalue weighted by Gasteiger charge is -2.03. The van der Waals surface area contributed by atoms with Gasteiger partial charge in [-0.3, -0.25) is 10.1 Å². The quantitative estimate of drug-likeness (QED) is 0.576. The van der Waals surface area contributed by atoms with Crippen molar-refractivity contribution in [1.29, 1.82) is 0 Å². The fourth-order valence-electron chi connectivity index (χ4n) is 0.818. The maximum Gasteiger partial charge on any atom is 0.252 e. The number of hydrogen-bond acceptors (Lipinski definition) is 5. The molecular formula is C7H13N5O2. The number of nitrogens with zero attached hydrogens (tertiary/aromatic N) is 3. The number of aryl methyl sites for hydroxylation is 1. The van der Waals surface area contributed by atoms with E-state index in [0.717, 1.165) is 0 Å². The molecule has 0 saturated heterocycles. The largest absolute Gasteiger partial charge is 0.370 e. The van der Waals surface area contributed by atoms with E-state index < -0.39 is 0 Å². The van der Waals surface area contributed by atoms with E-state index in [1.165, 1.54) is 11.0 Å². The average molecular weight is 199 g/mol. The maximum atomic E-state index is 11.2. The van der Waals surface area contributed by atoms with E-state index in [4.69, 9.17) is 10.5 Å². The highest BCUT2D eigenvalue weighted by Crippen LogP contribution is 1.96. The monoisotopic (exact) mass is 199 g/mol. The van der Waals surface area contributed by atoms with Crippen LogP contribution in [0.15, 0.2) is 6.33 Å². The Kier molecular flexibility index (Phi) is 4.02. The summed E-state index contributed by atoms with van der Waals surface area (Å²) >= 11 is 0.